The van der Waals surface area contributed by atoms with E-state index in [-0.39, 0.29) is 0 Å². The van der Waals surface area contributed by atoms with Crippen molar-refractivity contribution in [2.75, 3.05) is 11.1 Å². The summed E-state index contributed by atoms with van der Waals surface area (Å²) in [6, 6.07) is 13.5. The number of nitrogen functional groups attached to an aromatic ring is 1. The Bertz CT molecular complexity index is 961. The van der Waals surface area contributed by atoms with Crippen molar-refractivity contribution in [3.05, 3.63) is 61.2 Å². The third-order valence-electron chi connectivity index (χ3n) is 3.55. The first kappa shape index (κ1) is 13.3. The number of pyridine rings is 1. The molecule has 112 valence electrons. The zero-order valence-corrected chi connectivity index (χ0v) is 12.2. The van der Waals surface area contributed by atoms with Crippen LogP contribution in [0.4, 0.5) is 17.2 Å². The molecule has 0 aliphatic heterocycles. The van der Waals surface area contributed by atoms with Gasteiger partial charge in [0.25, 0.3) is 0 Å². The summed E-state index contributed by atoms with van der Waals surface area (Å²) in [7, 11) is 0. The van der Waals surface area contributed by atoms with Crippen LogP contribution in [0.15, 0.2) is 61.2 Å². The minimum absolute atomic E-state index is 0.723. The first-order valence-electron chi connectivity index (χ1n) is 7.16. The van der Waals surface area contributed by atoms with Crippen molar-refractivity contribution < 1.29 is 0 Å². The summed E-state index contributed by atoms with van der Waals surface area (Å²) in [4.78, 5) is 16.0. The van der Waals surface area contributed by atoms with Gasteiger partial charge in [0.1, 0.15) is 17.8 Å². The number of hydrogen-bond acceptors (Lipinski definition) is 5. The Morgan fingerprint density at radius 2 is 2.00 bits per heavy atom. The molecule has 0 unspecified atom stereocenters. The number of aromatic amines is 1. The van der Waals surface area contributed by atoms with Crippen LogP contribution in [0.1, 0.15) is 0 Å². The smallest absolute Gasteiger partial charge is 0.143 e. The number of anilines is 3. The van der Waals surface area contributed by atoms with Crippen LogP contribution in [-0.2, 0) is 0 Å². The van der Waals surface area contributed by atoms with E-state index in [4.69, 9.17) is 5.73 Å². The Hall–Kier alpha value is -3.41. The van der Waals surface area contributed by atoms with Crippen LogP contribution in [0.3, 0.4) is 0 Å². The van der Waals surface area contributed by atoms with Gasteiger partial charge in [-0.3, -0.25) is 4.98 Å². The Morgan fingerprint density at radius 1 is 1.04 bits per heavy atom. The maximum absolute atomic E-state index is 5.86. The van der Waals surface area contributed by atoms with Crippen LogP contribution in [0.25, 0.3) is 22.3 Å². The number of hydrogen-bond donors (Lipinski definition) is 3. The number of nitrogens with one attached hydrogen (secondary N) is 2. The second-order valence-corrected chi connectivity index (χ2v) is 5.16. The quantitative estimate of drug-likeness (QED) is 0.505. The van der Waals surface area contributed by atoms with Gasteiger partial charge in [-0.2, -0.15) is 0 Å². The molecule has 0 saturated heterocycles. The Labute approximate surface area is 132 Å². The summed E-state index contributed by atoms with van der Waals surface area (Å²) < 4.78 is 0. The summed E-state index contributed by atoms with van der Waals surface area (Å²) in [5.74, 6) is 0.731. The molecule has 4 rings (SSSR count). The maximum Gasteiger partial charge on any atom is 0.143 e. The van der Waals surface area contributed by atoms with Crippen LogP contribution < -0.4 is 11.1 Å². The predicted molar refractivity (Wildman–Crippen MR) is 91.3 cm³/mol. The molecule has 6 nitrogen and oxygen atoms in total. The molecule has 0 bridgehead atoms. The largest absolute Gasteiger partial charge is 0.399 e. The summed E-state index contributed by atoms with van der Waals surface area (Å²) in [6.45, 7) is 0. The second kappa shape index (κ2) is 5.42. The van der Waals surface area contributed by atoms with E-state index in [9.17, 15) is 0 Å². The fraction of sp³-hybridized carbons (Fsp3) is 0. The summed E-state index contributed by atoms with van der Waals surface area (Å²) >= 11 is 0. The van der Waals surface area contributed by atoms with Crippen LogP contribution >= 0.6 is 0 Å². The number of rotatable bonds is 3. The highest BCUT2D eigenvalue weighted by Crippen LogP contribution is 2.28. The van der Waals surface area contributed by atoms with Gasteiger partial charge >= 0.3 is 0 Å². The lowest BCUT2D eigenvalue weighted by Crippen LogP contribution is -1.95. The van der Waals surface area contributed by atoms with Crippen molar-refractivity contribution in [1.82, 2.24) is 19.9 Å². The molecule has 0 spiro atoms. The van der Waals surface area contributed by atoms with E-state index in [1.165, 1.54) is 6.33 Å². The maximum atomic E-state index is 5.86. The summed E-state index contributed by atoms with van der Waals surface area (Å²) in [6.07, 6.45) is 5.01. The molecule has 3 aromatic heterocycles. The highest BCUT2D eigenvalue weighted by Gasteiger charge is 2.09. The van der Waals surface area contributed by atoms with Gasteiger partial charge in [-0.15, -0.1) is 0 Å². The van der Waals surface area contributed by atoms with Gasteiger partial charge in [-0.25, -0.2) is 9.97 Å². The van der Waals surface area contributed by atoms with Crippen molar-refractivity contribution in [2.45, 2.75) is 0 Å². The number of nitrogens with two attached hydrogens (primary N) is 1. The highest BCUT2D eigenvalue weighted by molar-refractivity contribution is 5.93. The molecule has 0 radical (unpaired) electrons. The molecule has 23 heavy (non-hydrogen) atoms. The number of fused-ring (bicyclic) bond motifs is 1. The fourth-order valence-corrected chi connectivity index (χ4v) is 2.47. The number of aromatic nitrogens is 4. The zero-order valence-electron chi connectivity index (χ0n) is 12.2. The summed E-state index contributed by atoms with van der Waals surface area (Å²) in [5, 5.41) is 4.18. The third-order valence-corrected chi connectivity index (χ3v) is 3.55. The van der Waals surface area contributed by atoms with Crippen molar-refractivity contribution in [2.24, 2.45) is 0 Å². The first-order valence-corrected chi connectivity index (χ1v) is 7.16. The standard InChI is InChI=1S/C17H14N6/c18-12-4-1-3-11(7-12)15-8-14-16(20-10-21-17(14)23-15)22-13-5-2-6-19-9-13/h1-10H,18H2,(H2,20,21,22,23). The summed E-state index contributed by atoms with van der Waals surface area (Å²) in [5.41, 5.74) is 10.2. The van der Waals surface area contributed by atoms with E-state index in [0.717, 1.165) is 39.5 Å². The predicted octanol–water partition coefficient (Wildman–Crippen LogP) is 3.35. The van der Waals surface area contributed by atoms with Crippen LogP contribution in [0.5, 0.6) is 0 Å². The monoisotopic (exact) mass is 302 g/mol. The number of benzene rings is 1. The van der Waals surface area contributed by atoms with Gasteiger partial charge in [0.05, 0.1) is 17.3 Å². The third kappa shape index (κ3) is 2.57. The minimum atomic E-state index is 0.723. The van der Waals surface area contributed by atoms with Gasteiger partial charge in [0.2, 0.25) is 0 Å². The normalized spacial score (nSPS) is 10.8. The second-order valence-electron chi connectivity index (χ2n) is 5.16. The van der Waals surface area contributed by atoms with Gasteiger partial charge in [0, 0.05) is 23.1 Å². The zero-order chi connectivity index (χ0) is 15.6. The fourth-order valence-electron chi connectivity index (χ4n) is 2.47. The van der Waals surface area contributed by atoms with Gasteiger partial charge in [-0.1, -0.05) is 12.1 Å². The lowest BCUT2D eigenvalue weighted by Gasteiger charge is -2.04. The number of H-pyrrole nitrogens is 1. The van der Waals surface area contributed by atoms with Crippen LogP contribution in [-0.4, -0.2) is 19.9 Å². The molecule has 0 atom stereocenters. The molecule has 1 aromatic carbocycles. The van der Waals surface area contributed by atoms with E-state index >= 15 is 0 Å². The SMILES string of the molecule is Nc1cccc(-c2cc3c(Nc4cccnc4)ncnc3[nH]2)c1. The lowest BCUT2D eigenvalue weighted by molar-refractivity contribution is 1.19. The van der Waals surface area contributed by atoms with Crippen molar-refractivity contribution in [3.8, 4) is 11.3 Å². The van der Waals surface area contributed by atoms with E-state index in [1.54, 1.807) is 12.4 Å². The molecule has 4 N–H and O–H groups in total. The molecular weight excluding hydrogens is 288 g/mol. The van der Waals surface area contributed by atoms with Crippen molar-refractivity contribution in [3.63, 3.8) is 0 Å². The Morgan fingerprint density at radius 3 is 2.83 bits per heavy atom. The van der Waals surface area contributed by atoms with Gasteiger partial charge in [0.15, 0.2) is 0 Å². The van der Waals surface area contributed by atoms with Crippen LogP contribution in [0, 0.1) is 0 Å². The average Bonchev–Trinajstić information content (AvgIpc) is 3.01. The molecule has 0 fully saturated rings. The molecule has 6 heteroatoms. The molecule has 0 amide bonds. The number of nitrogens with zero attached hydrogens (tertiary/aromatic N) is 3. The van der Waals surface area contributed by atoms with Crippen molar-refractivity contribution in [1.29, 1.82) is 0 Å². The molecular formula is C17H14N6. The molecule has 0 aliphatic carbocycles. The minimum Gasteiger partial charge on any atom is -0.399 e. The average molecular weight is 302 g/mol. The van der Waals surface area contributed by atoms with Crippen molar-refractivity contribution >= 4 is 28.2 Å². The van der Waals surface area contributed by atoms with Gasteiger partial charge < -0.3 is 16.0 Å². The van der Waals surface area contributed by atoms with Gasteiger partial charge in [-0.05, 0) is 30.3 Å². The van der Waals surface area contributed by atoms with E-state index < -0.39 is 0 Å². The Kier molecular flexibility index (Phi) is 3.12. The van der Waals surface area contributed by atoms with E-state index in [1.807, 2.05) is 42.5 Å². The topological polar surface area (TPSA) is 92.5 Å². The molecule has 3 heterocycles. The first-order chi connectivity index (χ1) is 11.3. The van der Waals surface area contributed by atoms with E-state index in [2.05, 4.69) is 25.3 Å². The van der Waals surface area contributed by atoms with E-state index in [0.29, 0.717) is 0 Å². The molecule has 0 saturated carbocycles. The lowest BCUT2D eigenvalue weighted by atomic mass is 10.1. The Balaban J connectivity index is 1.78. The highest BCUT2D eigenvalue weighted by atomic mass is 15.0. The molecule has 4 aromatic rings. The van der Waals surface area contributed by atoms with Crippen LogP contribution in [0.2, 0.25) is 0 Å². The molecule has 0 aliphatic rings.